The Labute approximate surface area is 167 Å². The molecule has 0 radical (unpaired) electrons. The summed E-state index contributed by atoms with van der Waals surface area (Å²) in [4.78, 5) is 19.0. The number of nitrogens with two attached hydrogens (primary N) is 1. The number of amides is 1. The van der Waals surface area contributed by atoms with Crippen LogP contribution in [0.4, 0.5) is 0 Å². The molecule has 1 aliphatic rings. The largest absolute Gasteiger partial charge is 0.341 e. The molecular weight excluding hydrogens is 371 g/mol. The second kappa shape index (κ2) is 10.6. The number of aryl methyl sites for hydroxylation is 1. The van der Waals surface area contributed by atoms with Crippen LogP contribution in [0, 0.1) is 0 Å². The van der Waals surface area contributed by atoms with Gasteiger partial charge >= 0.3 is 0 Å². The molecule has 1 aliphatic heterocycles. The molecule has 0 saturated carbocycles. The minimum Gasteiger partial charge on any atom is -0.341 e. The second-order valence-electron chi connectivity index (χ2n) is 6.46. The van der Waals surface area contributed by atoms with Crippen LogP contribution in [0.3, 0.4) is 0 Å². The highest BCUT2D eigenvalue weighted by Gasteiger charge is 2.26. The maximum Gasteiger partial charge on any atom is 0.224 e. The van der Waals surface area contributed by atoms with Crippen molar-refractivity contribution in [3.05, 3.63) is 54.1 Å². The van der Waals surface area contributed by atoms with Gasteiger partial charge in [0.15, 0.2) is 0 Å². The fraction of sp³-hybridized carbons (Fsp3) is 0.474. The van der Waals surface area contributed by atoms with Crippen molar-refractivity contribution in [2.24, 2.45) is 5.73 Å². The molecule has 1 aromatic carbocycles. The van der Waals surface area contributed by atoms with Gasteiger partial charge < -0.3 is 15.2 Å². The van der Waals surface area contributed by atoms with Crippen molar-refractivity contribution in [2.45, 2.75) is 44.7 Å². The highest BCUT2D eigenvalue weighted by molar-refractivity contribution is 5.85. The van der Waals surface area contributed by atoms with E-state index in [9.17, 15) is 4.79 Å². The van der Waals surface area contributed by atoms with Crippen LogP contribution in [-0.4, -0.2) is 33.4 Å². The van der Waals surface area contributed by atoms with Crippen molar-refractivity contribution in [3.8, 4) is 0 Å². The van der Waals surface area contributed by atoms with E-state index >= 15 is 0 Å². The smallest absolute Gasteiger partial charge is 0.224 e. The number of piperidine rings is 1. The Morgan fingerprint density at radius 3 is 2.73 bits per heavy atom. The molecule has 2 unspecified atom stereocenters. The summed E-state index contributed by atoms with van der Waals surface area (Å²) >= 11 is 0. The Hall–Kier alpha value is -1.56. The SMILES string of the molecule is CCc1nccn1C1CCCN(C(=O)CC(N)c2ccccc2)C1.Cl.Cl. The maximum absolute atomic E-state index is 12.7. The van der Waals surface area contributed by atoms with Crippen molar-refractivity contribution >= 4 is 30.7 Å². The summed E-state index contributed by atoms with van der Waals surface area (Å²) in [5, 5.41) is 0. The van der Waals surface area contributed by atoms with Crippen molar-refractivity contribution in [1.82, 2.24) is 14.5 Å². The molecule has 144 valence electrons. The number of carbonyl (C=O) groups excluding carboxylic acids is 1. The quantitative estimate of drug-likeness (QED) is 0.837. The van der Waals surface area contributed by atoms with Crippen LogP contribution >= 0.6 is 24.8 Å². The average Bonchev–Trinajstić information content (AvgIpc) is 3.11. The summed E-state index contributed by atoms with van der Waals surface area (Å²) in [5.41, 5.74) is 7.23. The minimum absolute atomic E-state index is 0. The number of hydrogen-bond donors (Lipinski definition) is 1. The molecule has 0 aliphatic carbocycles. The van der Waals surface area contributed by atoms with E-state index < -0.39 is 0 Å². The highest BCUT2D eigenvalue weighted by Crippen LogP contribution is 2.24. The summed E-state index contributed by atoms with van der Waals surface area (Å²) in [6.07, 6.45) is 7.28. The van der Waals surface area contributed by atoms with E-state index in [2.05, 4.69) is 16.5 Å². The molecule has 2 heterocycles. The molecule has 5 nitrogen and oxygen atoms in total. The van der Waals surface area contributed by atoms with Crippen LogP contribution in [0.25, 0.3) is 0 Å². The first-order valence-electron chi connectivity index (χ1n) is 8.79. The van der Waals surface area contributed by atoms with Gasteiger partial charge in [0.1, 0.15) is 5.82 Å². The maximum atomic E-state index is 12.7. The van der Waals surface area contributed by atoms with Gasteiger partial charge in [0.05, 0.1) is 6.04 Å². The third-order valence-electron chi connectivity index (χ3n) is 4.83. The highest BCUT2D eigenvalue weighted by atomic mass is 35.5. The topological polar surface area (TPSA) is 64.2 Å². The summed E-state index contributed by atoms with van der Waals surface area (Å²) in [6, 6.07) is 9.94. The van der Waals surface area contributed by atoms with E-state index in [1.165, 1.54) is 0 Å². The molecule has 2 N–H and O–H groups in total. The lowest BCUT2D eigenvalue weighted by Gasteiger charge is -2.34. The molecule has 7 heteroatoms. The van der Waals surface area contributed by atoms with Gasteiger partial charge in [-0.25, -0.2) is 4.98 Å². The van der Waals surface area contributed by atoms with Gasteiger partial charge in [-0.3, -0.25) is 4.79 Å². The Balaban J connectivity index is 0.00000169. The number of carbonyl (C=O) groups is 1. The van der Waals surface area contributed by atoms with E-state index in [0.717, 1.165) is 43.7 Å². The predicted octanol–water partition coefficient (Wildman–Crippen LogP) is 3.54. The zero-order valence-corrected chi connectivity index (χ0v) is 16.7. The van der Waals surface area contributed by atoms with E-state index in [-0.39, 0.29) is 36.8 Å². The van der Waals surface area contributed by atoms with E-state index in [1.807, 2.05) is 47.6 Å². The van der Waals surface area contributed by atoms with Gasteiger partial charge in [0.25, 0.3) is 0 Å². The predicted molar refractivity (Wildman–Crippen MR) is 109 cm³/mol. The zero-order chi connectivity index (χ0) is 16.9. The number of nitrogens with zero attached hydrogens (tertiary/aromatic N) is 3. The Morgan fingerprint density at radius 2 is 2.04 bits per heavy atom. The Bertz CT molecular complexity index is 677. The van der Waals surface area contributed by atoms with Crippen LogP contribution in [0.5, 0.6) is 0 Å². The number of aromatic nitrogens is 2. The molecular formula is C19H28Cl2N4O. The lowest BCUT2D eigenvalue weighted by Crippen LogP contribution is -2.41. The first-order valence-corrected chi connectivity index (χ1v) is 8.79. The molecule has 0 bridgehead atoms. The number of benzene rings is 1. The van der Waals surface area contributed by atoms with Crippen molar-refractivity contribution in [3.63, 3.8) is 0 Å². The average molecular weight is 399 g/mol. The molecule has 2 aromatic rings. The monoisotopic (exact) mass is 398 g/mol. The third-order valence-corrected chi connectivity index (χ3v) is 4.83. The number of rotatable bonds is 5. The molecule has 1 saturated heterocycles. The van der Waals surface area contributed by atoms with Crippen molar-refractivity contribution in [2.75, 3.05) is 13.1 Å². The number of likely N-dealkylation sites (tertiary alicyclic amines) is 1. The summed E-state index contributed by atoms with van der Waals surface area (Å²) in [7, 11) is 0. The summed E-state index contributed by atoms with van der Waals surface area (Å²) in [6.45, 7) is 3.69. The van der Waals surface area contributed by atoms with Crippen LogP contribution in [0.15, 0.2) is 42.7 Å². The van der Waals surface area contributed by atoms with Crippen LogP contribution in [0.2, 0.25) is 0 Å². The Morgan fingerprint density at radius 1 is 1.31 bits per heavy atom. The van der Waals surface area contributed by atoms with Crippen LogP contribution in [-0.2, 0) is 11.2 Å². The molecule has 1 fully saturated rings. The van der Waals surface area contributed by atoms with Crippen molar-refractivity contribution < 1.29 is 4.79 Å². The molecule has 3 rings (SSSR count). The second-order valence-corrected chi connectivity index (χ2v) is 6.46. The number of hydrogen-bond acceptors (Lipinski definition) is 3. The summed E-state index contributed by atoms with van der Waals surface area (Å²) in [5.74, 6) is 1.24. The fourth-order valence-corrected chi connectivity index (χ4v) is 3.49. The van der Waals surface area contributed by atoms with Gasteiger partial charge in [-0.2, -0.15) is 0 Å². The molecule has 2 atom stereocenters. The van der Waals surface area contributed by atoms with Gasteiger partial charge in [0.2, 0.25) is 5.91 Å². The minimum atomic E-state index is -0.237. The van der Waals surface area contributed by atoms with Crippen LogP contribution < -0.4 is 5.73 Å². The van der Waals surface area contributed by atoms with Crippen LogP contribution in [0.1, 0.15) is 49.7 Å². The van der Waals surface area contributed by atoms with E-state index in [1.54, 1.807) is 0 Å². The lowest BCUT2D eigenvalue weighted by molar-refractivity contribution is -0.133. The van der Waals surface area contributed by atoms with E-state index in [4.69, 9.17) is 5.73 Å². The Kier molecular flexibility index (Phi) is 9.13. The van der Waals surface area contributed by atoms with Gasteiger partial charge in [-0.05, 0) is 18.4 Å². The van der Waals surface area contributed by atoms with Gasteiger partial charge in [-0.1, -0.05) is 37.3 Å². The van der Waals surface area contributed by atoms with Gasteiger partial charge in [-0.15, -0.1) is 24.8 Å². The van der Waals surface area contributed by atoms with Gasteiger partial charge in [0, 0.05) is 44.4 Å². The fourth-order valence-electron chi connectivity index (χ4n) is 3.49. The molecule has 0 spiro atoms. The number of halogens is 2. The zero-order valence-electron chi connectivity index (χ0n) is 15.1. The normalized spacial score (nSPS) is 17.8. The lowest BCUT2D eigenvalue weighted by atomic mass is 10.0. The standard InChI is InChI=1S/C19H26N4O.2ClH/c1-2-18-21-10-12-23(18)16-9-6-11-22(14-16)19(24)13-17(20)15-7-4-3-5-8-15;;/h3-5,7-8,10,12,16-17H,2,6,9,11,13-14,20H2,1H3;2*1H. The molecule has 1 aromatic heterocycles. The number of imidazole rings is 1. The summed E-state index contributed by atoms with van der Waals surface area (Å²) < 4.78 is 2.23. The first kappa shape index (κ1) is 22.5. The van der Waals surface area contributed by atoms with Crippen molar-refractivity contribution in [1.29, 1.82) is 0 Å². The molecule has 26 heavy (non-hydrogen) atoms. The third kappa shape index (κ3) is 5.22. The van der Waals surface area contributed by atoms with E-state index in [0.29, 0.717) is 12.5 Å². The first-order chi connectivity index (χ1) is 11.7. The molecule has 1 amide bonds.